The number of anilines is 1. The molecule has 0 aliphatic rings. The summed E-state index contributed by atoms with van der Waals surface area (Å²) >= 11 is 17.8. The van der Waals surface area contributed by atoms with Gasteiger partial charge < -0.3 is 24.6 Å². The fourth-order valence-corrected chi connectivity index (χ4v) is 6.03. The summed E-state index contributed by atoms with van der Waals surface area (Å²) in [6, 6.07) is 20.9. The summed E-state index contributed by atoms with van der Waals surface area (Å²) in [5, 5.41) is 18.3. The zero-order valence-corrected chi connectivity index (χ0v) is 34.3. The Morgan fingerprint density at radius 3 is 1.47 bits per heavy atom. The van der Waals surface area contributed by atoms with Gasteiger partial charge in [-0.05, 0) is 87.8 Å². The van der Waals surface area contributed by atoms with Crippen molar-refractivity contribution in [3.63, 3.8) is 0 Å². The molecule has 9 nitrogen and oxygen atoms in total. The molecule has 0 unspecified atom stereocenters. The summed E-state index contributed by atoms with van der Waals surface area (Å²) in [4.78, 5) is 18.2. The monoisotopic (exact) mass is 837 g/mol. The maximum atomic E-state index is 15.3. The molecule has 0 saturated carbocycles. The van der Waals surface area contributed by atoms with Crippen LogP contribution in [0.5, 0.6) is 11.5 Å². The van der Waals surface area contributed by atoms with Gasteiger partial charge in [-0.2, -0.15) is 0 Å². The van der Waals surface area contributed by atoms with Gasteiger partial charge in [-0.15, -0.1) is 0 Å². The lowest BCUT2D eigenvalue weighted by atomic mass is 9.98. The Kier molecular flexibility index (Phi) is 17.9. The molecule has 0 bridgehead atoms. The highest BCUT2D eigenvalue weighted by atomic mass is 35.5. The van der Waals surface area contributed by atoms with Gasteiger partial charge in [-0.1, -0.05) is 72.9 Å². The van der Waals surface area contributed by atoms with Crippen molar-refractivity contribution in [3.05, 3.63) is 147 Å². The lowest BCUT2D eigenvalue weighted by Gasteiger charge is -2.16. The van der Waals surface area contributed by atoms with Crippen LogP contribution < -0.4 is 14.4 Å². The number of likely N-dealkylation sites (N-methyl/N-ethyl adjacent to an activating group) is 1. The van der Waals surface area contributed by atoms with E-state index in [4.69, 9.17) is 54.5 Å². The Labute approximate surface area is 346 Å². The third kappa shape index (κ3) is 12.8. The molecule has 4 aromatic carbocycles. The van der Waals surface area contributed by atoms with Gasteiger partial charge in [0.1, 0.15) is 23.1 Å². The number of methoxy groups -OCH3 is 2. The van der Waals surface area contributed by atoms with Crippen LogP contribution in [-0.4, -0.2) is 71.2 Å². The van der Waals surface area contributed by atoms with Gasteiger partial charge in [-0.3, -0.25) is 0 Å². The maximum Gasteiger partial charge on any atom is 0.225 e. The first kappa shape index (κ1) is 44.8. The van der Waals surface area contributed by atoms with E-state index in [1.807, 2.05) is 0 Å². The summed E-state index contributed by atoms with van der Waals surface area (Å²) in [5.41, 5.74) is 4.64. The molecule has 57 heavy (non-hydrogen) atoms. The molecular weight excluding hydrogens is 795 g/mol. The molecule has 6 rings (SSSR count). The van der Waals surface area contributed by atoms with Crippen LogP contribution >= 0.6 is 34.8 Å². The average Bonchev–Trinajstić information content (AvgIpc) is 3.21. The number of rotatable bonds is 13. The average molecular weight is 839 g/mol. The quantitative estimate of drug-likeness (QED) is 0.110. The molecule has 0 fully saturated rings. The largest absolute Gasteiger partial charge is 0.496 e. The van der Waals surface area contributed by atoms with Crippen LogP contribution in [-0.2, 0) is 12.8 Å². The summed E-state index contributed by atoms with van der Waals surface area (Å²) in [5.74, 6) is 0.689. The fraction of sp³-hybridized carbons (Fsp3) is 0.256. The minimum atomic E-state index is -0.358. The van der Waals surface area contributed by atoms with E-state index in [1.165, 1.54) is 14.2 Å². The van der Waals surface area contributed by atoms with E-state index in [0.29, 0.717) is 86.9 Å². The number of nitrogens with zero attached hydrogens (tertiary/aromatic N) is 5. The second-order valence-corrected chi connectivity index (χ2v) is 13.8. The highest BCUT2D eigenvalue weighted by molar-refractivity contribution is 6.31. The molecule has 2 aromatic heterocycles. The number of halogens is 5. The summed E-state index contributed by atoms with van der Waals surface area (Å²) < 4.78 is 41.1. The van der Waals surface area contributed by atoms with E-state index in [9.17, 15) is 0 Å². The molecule has 2 heterocycles. The number of hydrogen-bond acceptors (Lipinski definition) is 9. The van der Waals surface area contributed by atoms with Crippen molar-refractivity contribution in [2.24, 2.45) is 0 Å². The molecule has 0 atom stereocenters. The molecule has 0 radical (unpaired) electrons. The van der Waals surface area contributed by atoms with Gasteiger partial charge in [0.2, 0.25) is 11.2 Å². The topological polar surface area (TPSA) is 114 Å². The second kappa shape index (κ2) is 22.7. The van der Waals surface area contributed by atoms with Crippen LogP contribution in [0.15, 0.2) is 97.6 Å². The number of aliphatic hydroxyl groups excluding tert-OH is 2. The first-order valence-electron chi connectivity index (χ1n) is 18.0. The van der Waals surface area contributed by atoms with Crippen molar-refractivity contribution < 1.29 is 28.5 Å². The Hall–Kier alpha value is -4.91. The molecule has 0 aliphatic heterocycles. The zero-order valence-electron chi connectivity index (χ0n) is 32.0. The van der Waals surface area contributed by atoms with Gasteiger partial charge in [0.15, 0.2) is 0 Å². The number of benzene rings is 4. The molecule has 0 amide bonds. The highest BCUT2D eigenvalue weighted by Gasteiger charge is 2.19. The summed E-state index contributed by atoms with van der Waals surface area (Å²) in [6.45, 7) is 2.85. The van der Waals surface area contributed by atoms with Crippen LogP contribution in [0.2, 0.25) is 15.3 Å². The number of aliphatic hydroxyl groups is 2. The van der Waals surface area contributed by atoms with Crippen LogP contribution in [0.25, 0.3) is 22.3 Å². The number of unbranched alkanes of at least 4 members (excludes halogenated alkanes) is 1. The van der Waals surface area contributed by atoms with Gasteiger partial charge in [0, 0.05) is 67.9 Å². The van der Waals surface area contributed by atoms with Crippen molar-refractivity contribution in [3.8, 4) is 33.8 Å². The predicted octanol–water partition coefficient (Wildman–Crippen LogP) is 9.93. The third-order valence-corrected chi connectivity index (χ3v) is 9.14. The number of ether oxygens (including phenoxy) is 2. The van der Waals surface area contributed by atoms with Gasteiger partial charge in [0.05, 0.1) is 32.0 Å². The molecule has 0 aliphatic carbocycles. The summed E-state index contributed by atoms with van der Waals surface area (Å²) in [7, 11) is 4.82. The Balaban J connectivity index is 0.000000228. The van der Waals surface area contributed by atoms with E-state index in [2.05, 4.69) is 26.9 Å². The summed E-state index contributed by atoms with van der Waals surface area (Å²) in [6.07, 6.45) is 9.22. The van der Waals surface area contributed by atoms with Gasteiger partial charge in [-0.25, -0.2) is 28.7 Å². The van der Waals surface area contributed by atoms with Crippen molar-refractivity contribution in [1.29, 1.82) is 0 Å². The van der Waals surface area contributed by atoms with Gasteiger partial charge in [0.25, 0.3) is 0 Å². The van der Waals surface area contributed by atoms with Crippen LogP contribution in [0.1, 0.15) is 42.0 Å². The maximum absolute atomic E-state index is 15.3. The molecular formula is C43H44Cl3F2N5O4. The lowest BCUT2D eigenvalue weighted by Crippen LogP contribution is -2.23. The predicted molar refractivity (Wildman–Crippen MR) is 224 cm³/mol. The van der Waals surface area contributed by atoms with Crippen molar-refractivity contribution in [2.75, 3.05) is 45.9 Å². The lowest BCUT2D eigenvalue weighted by molar-refractivity contribution is 0.287. The van der Waals surface area contributed by atoms with Crippen LogP contribution in [0.4, 0.5) is 14.7 Å². The SMILES string of the molecule is CCCCO.COc1ccc(Cc2cnc(Cl)nc2)c(F)c1-c1cccc(Cl)c1.COc1ccc(Cc2cnc(N(C)CCO)nc2)c(F)c1-c1cccc(Cl)c1. The van der Waals surface area contributed by atoms with Gasteiger partial charge >= 0.3 is 0 Å². The van der Waals surface area contributed by atoms with E-state index in [0.717, 1.165) is 24.0 Å². The number of hydrogen-bond donors (Lipinski definition) is 2. The van der Waals surface area contributed by atoms with Crippen molar-refractivity contribution in [2.45, 2.75) is 32.6 Å². The first-order chi connectivity index (χ1) is 27.5. The van der Waals surface area contributed by atoms with E-state index in [-0.39, 0.29) is 23.5 Å². The van der Waals surface area contributed by atoms with E-state index in [1.54, 1.807) is 110 Å². The fourth-order valence-electron chi connectivity index (χ4n) is 5.56. The van der Waals surface area contributed by atoms with E-state index >= 15 is 8.78 Å². The van der Waals surface area contributed by atoms with Crippen molar-refractivity contribution >= 4 is 40.8 Å². The smallest absolute Gasteiger partial charge is 0.225 e. The third-order valence-electron chi connectivity index (χ3n) is 8.48. The number of aromatic nitrogens is 4. The minimum absolute atomic E-state index is 0.0188. The molecule has 14 heteroatoms. The Bertz CT molecular complexity index is 2180. The standard InChI is InChI=1S/C21H21ClFN3O2.C18H13Cl2FN2O.C4H10O/c1-26(8-9-27)21-24-12-14(13-25-21)10-16-6-7-18(28-2)19(20(16)23)15-4-3-5-17(22)11-15;1-24-15-6-5-13(7-11-9-22-18(20)23-10-11)17(21)16(15)12-3-2-4-14(19)8-12;1-2-3-4-5/h3-7,11-13,27H,8-10H2,1-2H3;2-6,8-10H,7H2,1H3;5H,2-4H2,1H3. The molecule has 6 aromatic rings. The first-order valence-corrected chi connectivity index (χ1v) is 19.1. The normalized spacial score (nSPS) is 10.5. The molecule has 2 N–H and O–H groups in total. The Morgan fingerprint density at radius 1 is 0.649 bits per heavy atom. The zero-order chi connectivity index (χ0) is 41.3. The molecule has 0 spiro atoms. The molecule has 0 saturated heterocycles. The van der Waals surface area contributed by atoms with Crippen molar-refractivity contribution in [1.82, 2.24) is 19.9 Å². The van der Waals surface area contributed by atoms with E-state index < -0.39 is 0 Å². The molecule has 300 valence electrons. The Morgan fingerprint density at radius 2 is 1.11 bits per heavy atom. The highest BCUT2D eigenvalue weighted by Crippen LogP contribution is 2.37. The van der Waals surface area contributed by atoms with Crippen LogP contribution in [0.3, 0.4) is 0 Å². The minimum Gasteiger partial charge on any atom is -0.496 e. The van der Waals surface area contributed by atoms with Crippen LogP contribution in [0, 0.1) is 11.6 Å². The second-order valence-electron chi connectivity index (χ2n) is 12.6.